The van der Waals surface area contributed by atoms with E-state index in [9.17, 15) is 9.59 Å². The van der Waals surface area contributed by atoms with Crippen LogP contribution >= 0.6 is 0 Å². The van der Waals surface area contributed by atoms with Crippen molar-refractivity contribution in [3.8, 4) is 11.5 Å². The molecule has 0 saturated carbocycles. The van der Waals surface area contributed by atoms with Crippen LogP contribution in [-0.2, 0) is 16.1 Å². The molecule has 0 unspecified atom stereocenters. The standard InChI is InChI=1S/C23H30N2O4/c1-16(2)24-23(27)18(4)25(14-19-10-12-20(28-5)13-11-19)22(26)15-29-21-9-7-6-8-17(21)3/h6-13,16,18H,14-15H2,1-5H3,(H,24,27)/t18-/m0/s1. The molecular formula is C23H30N2O4. The molecule has 0 saturated heterocycles. The van der Waals surface area contributed by atoms with Gasteiger partial charge in [-0.3, -0.25) is 9.59 Å². The number of carbonyl (C=O) groups excluding carboxylic acids is 2. The van der Waals surface area contributed by atoms with Gasteiger partial charge in [-0.05, 0) is 57.0 Å². The zero-order valence-electron chi connectivity index (χ0n) is 17.8. The molecular weight excluding hydrogens is 368 g/mol. The van der Waals surface area contributed by atoms with Gasteiger partial charge in [-0.2, -0.15) is 0 Å². The molecule has 156 valence electrons. The maximum Gasteiger partial charge on any atom is 0.261 e. The first-order valence-electron chi connectivity index (χ1n) is 9.73. The molecule has 0 fully saturated rings. The minimum atomic E-state index is -0.632. The summed E-state index contributed by atoms with van der Waals surface area (Å²) < 4.78 is 10.9. The van der Waals surface area contributed by atoms with Crippen molar-refractivity contribution in [3.05, 3.63) is 59.7 Å². The number of nitrogens with one attached hydrogen (secondary N) is 1. The molecule has 0 radical (unpaired) electrons. The zero-order valence-corrected chi connectivity index (χ0v) is 17.8. The summed E-state index contributed by atoms with van der Waals surface area (Å²) >= 11 is 0. The molecule has 29 heavy (non-hydrogen) atoms. The highest BCUT2D eigenvalue weighted by atomic mass is 16.5. The summed E-state index contributed by atoms with van der Waals surface area (Å²) in [6.45, 7) is 7.59. The van der Waals surface area contributed by atoms with Crippen LogP contribution in [-0.4, -0.2) is 42.5 Å². The van der Waals surface area contributed by atoms with Crippen LogP contribution in [0.15, 0.2) is 48.5 Å². The van der Waals surface area contributed by atoms with Crippen LogP contribution in [0.5, 0.6) is 11.5 Å². The second-order valence-corrected chi connectivity index (χ2v) is 7.26. The summed E-state index contributed by atoms with van der Waals surface area (Å²) in [5, 5.41) is 2.87. The number of hydrogen-bond acceptors (Lipinski definition) is 4. The van der Waals surface area contributed by atoms with Gasteiger partial charge in [0.05, 0.1) is 7.11 Å². The number of amides is 2. The van der Waals surface area contributed by atoms with Gasteiger partial charge in [-0.15, -0.1) is 0 Å². The molecule has 0 bridgehead atoms. The van der Waals surface area contributed by atoms with Crippen LogP contribution in [0.4, 0.5) is 0 Å². The second-order valence-electron chi connectivity index (χ2n) is 7.26. The predicted molar refractivity (Wildman–Crippen MR) is 113 cm³/mol. The van der Waals surface area contributed by atoms with Crippen molar-refractivity contribution >= 4 is 11.8 Å². The van der Waals surface area contributed by atoms with Crippen LogP contribution in [0, 0.1) is 6.92 Å². The minimum absolute atomic E-state index is 0.00823. The molecule has 1 N–H and O–H groups in total. The van der Waals surface area contributed by atoms with Gasteiger partial charge < -0.3 is 19.7 Å². The average molecular weight is 399 g/mol. The Bertz CT molecular complexity index is 818. The third kappa shape index (κ3) is 6.52. The normalized spacial score (nSPS) is 11.7. The molecule has 1 atom stereocenters. The van der Waals surface area contributed by atoms with E-state index in [-0.39, 0.29) is 24.5 Å². The van der Waals surface area contributed by atoms with Gasteiger partial charge in [-0.1, -0.05) is 30.3 Å². The van der Waals surface area contributed by atoms with Gasteiger partial charge in [0.15, 0.2) is 6.61 Å². The first kappa shape index (κ1) is 22.3. The topological polar surface area (TPSA) is 67.9 Å². The molecule has 2 aromatic carbocycles. The number of benzene rings is 2. The lowest BCUT2D eigenvalue weighted by molar-refractivity contribution is -0.142. The van der Waals surface area contributed by atoms with E-state index in [4.69, 9.17) is 9.47 Å². The van der Waals surface area contributed by atoms with E-state index in [0.29, 0.717) is 12.3 Å². The second kappa shape index (κ2) is 10.5. The molecule has 0 heterocycles. The Kier molecular flexibility index (Phi) is 8.07. The van der Waals surface area contributed by atoms with Crippen molar-refractivity contribution in [2.75, 3.05) is 13.7 Å². The van der Waals surface area contributed by atoms with Crippen LogP contribution < -0.4 is 14.8 Å². The summed E-state index contributed by atoms with van der Waals surface area (Å²) in [5.41, 5.74) is 1.85. The molecule has 0 aromatic heterocycles. The van der Waals surface area contributed by atoms with Crippen molar-refractivity contribution in [3.63, 3.8) is 0 Å². The Morgan fingerprint density at radius 3 is 2.28 bits per heavy atom. The zero-order chi connectivity index (χ0) is 21.4. The van der Waals surface area contributed by atoms with Crippen LogP contribution in [0.1, 0.15) is 31.9 Å². The third-order valence-corrected chi connectivity index (χ3v) is 4.55. The van der Waals surface area contributed by atoms with Crippen LogP contribution in [0.25, 0.3) is 0 Å². The van der Waals surface area contributed by atoms with Gasteiger partial charge in [-0.25, -0.2) is 0 Å². The van der Waals surface area contributed by atoms with E-state index in [1.165, 1.54) is 4.90 Å². The number of carbonyl (C=O) groups is 2. The Morgan fingerprint density at radius 1 is 1.03 bits per heavy atom. The SMILES string of the molecule is COc1ccc(CN(C(=O)COc2ccccc2C)[C@@H](C)C(=O)NC(C)C)cc1. The first-order valence-corrected chi connectivity index (χ1v) is 9.73. The lowest BCUT2D eigenvalue weighted by Crippen LogP contribution is -2.50. The van der Waals surface area contributed by atoms with E-state index in [2.05, 4.69) is 5.32 Å². The smallest absolute Gasteiger partial charge is 0.261 e. The highest BCUT2D eigenvalue weighted by molar-refractivity contribution is 5.88. The molecule has 6 nitrogen and oxygen atoms in total. The third-order valence-electron chi connectivity index (χ3n) is 4.55. The van der Waals surface area contributed by atoms with E-state index < -0.39 is 6.04 Å². The van der Waals surface area contributed by atoms with E-state index in [0.717, 1.165) is 16.9 Å². The van der Waals surface area contributed by atoms with Gasteiger partial charge in [0, 0.05) is 12.6 Å². The molecule has 2 amide bonds. The average Bonchev–Trinajstić information content (AvgIpc) is 2.70. The maximum absolute atomic E-state index is 13.0. The molecule has 0 spiro atoms. The van der Waals surface area contributed by atoms with Crippen molar-refractivity contribution in [2.24, 2.45) is 0 Å². The van der Waals surface area contributed by atoms with Crippen molar-refractivity contribution in [1.29, 1.82) is 0 Å². The molecule has 2 aromatic rings. The number of methoxy groups -OCH3 is 1. The summed E-state index contributed by atoms with van der Waals surface area (Å²) in [4.78, 5) is 27.1. The van der Waals surface area contributed by atoms with E-state index >= 15 is 0 Å². The van der Waals surface area contributed by atoms with Gasteiger partial charge in [0.2, 0.25) is 5.91 Å². The predicted octanol–water partition coefficient (Wildman–Crippen LogP) is 3.32. The van der Waals surface area contributed by atoms with Crippen molar-refractivity contribution in [1.82, 2.24) is 10.2 Å². The number of para-hydroxylation sites is 1. The first-order chi connectivity index (χ1) is 13.8. The van der Waals surface area contributed by atoms with Crippen molar-refractivity contribution < 1.29 is 19.1 Å². The van der Waals surface area contributed by atoms with Crippen molar-refractivity contribution in [2.45, 2.75) is 46.3 Å². The highest BCUT2D eigenvalue weighted by Crippen LogP contribution is 2.18. The summed E-state index contributed by atoms with van der Waals surface area (Å²) in [7, 11) is 1.60. The lowest BCUT2D eigenvalue weighted by atomic mass is 10.1. The molecule has 2 rings (SSSR count). The Hall–Kier alpha value is -3.02. The fourth-order valence-corrected chi connectivity index (χ4v) is 2.86. The molecule has 0 aliphatic heterocycles. The Balaban J connectivity index is 2.16. The fourth-order valence-electron chi connectivity index (χ4n) is 2.86. The number of hydrogen-bond donors (Lipinski definition) is 1. The Morgan fingerprint density at radius 2 is 1.69 bits per heavy atom. The number of nitrogens with zero attached hydrogens (tertiary/aromatic N) is 1. The highest BCUT2D eigenvalue weighted by Gasteiger charge is 2.27. The van der Waals surface area contributed by atoms with Gasteiger partial charge in [0.25, 0.3) is 5.91 Å². The largest absolute Gasteiger partial charge is 0.497 e. The monoisotopic (exact) mass is 398 g/mol. The fraction of sp³-hybridized carbons (Fsp3) is 0.391. The molecule has 0 aliphatic carbocycles. The quantitative estimate of drug-likeness (QED) is 0.704. The van der Waals surface area contributed by atoms with Crippen LogP contribution in [0.3, 0.4) is 0 Å². The molecule has 0 aliphatic rings. The summed E-state index contributed by atoms with van der Waals surface area (Å²) in [6, 6.07) is 14.3. The number of rotatable bonds is 9. The maximum atomic E-state index is 13.0. The number of ether oxygens (including phenoxy) is 2. The van der Waals surface area contributed by atoms with E-state index in [1.54, 1.807) is 14.0 Å². The van der Waals surface area contributed by atoms with Crippen LogP contribution in [0.2, 0.25) is 0 Å². The number of aryl methyl sites for hydroxylation is 1. The summed E-state index contributed by atoms with van der Waals surface area (Å²) in [5.74, 6) is 0.942. The van der Waals surface area contributed by atoms with Gasteiger partial charge >= 0.3 is 0 Å². The minimum Gasteiger partial charge on any atom is -0.497 e. The van der Waals surface area contributed by atoms with E-state index in [1.807, 2.05) is 69.3 Å². The lowest BCUT2D eigenvalue weighted by Gasteiger charge is -2.29. The molecule has 6 heteroatoms. The van der Waals surface area contributed by atoms with Gasteiger partial charge in [0.1, 0.15) is 17.5 Å². The summed E-state index contributed by atoms with van der Waals surface area (Å²) in [6.07, 6.45) is 0. The Labute approximate surface area is 172 Å².